The molecule has 1 heterocycles. The second kappa shape index (κ2) is 3.99. The second-order valence-electron chi connectivity index (χ2n) is 5.43. The molecule has 0 atom stereocenters. The first kappa shape index (κ1) is 10.9. The Labute approximate surface area is 112 Å². The highest BCUT2D eigenvalue weighted by atomic mass is 16.3. The molecule has 1 aliphatic carbocycles. The van der Waals surface area contributed by atoms with E-state index in [1.54, 1.807) is 0 Å². The van der Waals surface area contributed by atoms with Gasteiger partial charge in [-0.25, -0.2) is 0 Å². The van der Waals surface area contributed by atoms with Crippen molar-refractivity contribution in [2.24, 2.45) is 0 Å². The Balaban J connectivity index is 1.99. The highest BCUT2D eigenvalue weighted by Crippen LogP contribution is 2.36. The number of aryl methyl sites for hydroxylation is 3. The van der Waals surface area contributed by atoms with E-state index in [4.69, 9.17) is 4.42 Å². The summed E-state index contributed by atoms with van der Waals surface area (Å²) in [5.41, 5.74) is 7.80. The SMILES string of the molecule is Cc1ccccc1-c1coc2cc3c(cc12)CCC3. The van der Waals surface area contributed by atoms with Gasteiger partial charge in [0.25, 0.3) is 0 Å². The lowest BCUT2D eigenvalue weighted by atomic mass is 9.98. The van der Waals surface area contributed by atoms with Gasteiger partial charge in [-0.05, 0) is 60.6 Å². The summed E-state index contributed by atoms with van der Waals surface area (Å²) in [5, 5.41) is 1.26. The number of hydrogen-bond donors (Lipinski definition) is 0. The van der Waals surface area contributed by atoms with Crippen LogP contribution in [0.4, 0.5) is 0 Å². The molecule has 0 aliphatic heterocycles. The number of hydrogen-bond acceptors (Lipinski definition) is 1. The van der Waals surface area contributed by atoms with Gasteiger partial charge in [-0.15, -0.1) is 0 Å². The molecule has 0 spiro atoms. The monoisotopic (exact) mass is 248 g/mol. The summed E-state index contributed by atoms with van der Waals surface area (Å²) < 4.78 is 5.78. The lowest BCUT2D eigenvalue weighted by molar-refractivity contribution is 0.616. The zero-order valence-electron chi connectivity index (χ0n) is 11.1. The third-order valence-corrected chi connectivity index (χ3v) is 4.22. The van der Waals surface area contributed by atoms with Crippen molar-refractivity contribution >= 4 is 11.0 Å². The van der Waals surface area contributed by atoms with Gasteiger partial charge in [0, 0.05) is 10.9 Å². The number of rotatable bonds is 1. The maximum absolute atomic E-state index is 5.78. The lowest BCUT2D eigenvalue weighted by Crippen LogP contribution is -1.84. The van der Waals surface area contributed by atoms with Crippen molar-refractivity contribution in [3.63, 3.8) is 0 Å². The van der Waals surface area contributed by atoms with E-state index in [1.807, 2.05) is 6.26 Å². The molecule has 0 unspecified atom stereocenters. The van der Waals surface area contributed by atoms with Gasteiger partial charge in [-0.1, -0.05) is 24.3 Å². The van der Waals surface area contributed by atoms with Crippen molar-refractivity contribution in [1.29, 1.82) is 0 Å². The van der Waals surface area contributed by atoms with E-state index in [0.717, 1.165) is 5.58 Å². The molecule has 0 N–H and O–H groups in total. The van der Waals surface area contributed by atoms with Crippen LogP contribution in [0.3, 0.4) is 0 Å². The molecule has 1 aromatic heterocycles. The Morgan fingerprint density at radius 1 is 0.947 bits per heavy atom. The van der Waals surface area contributed by atoms with E-state index >= 15 is 0 Å². The summed E-state index contributed by atoms with van der Waals surface area (Å²) in [6, 6.07) is 13.1. The largest absolute Gasteiger partial charge is 0.464 e. The minimum Gasteiger partial charge on any atom is -0.464 e. The van der Waals surface area contributed by atoms with Crippen LogP contribution in [0.15, 0.2) is 47.1 Å². The Morgan fingerprint density at radius 2 is 1.74 bits per heavy atom. The Hall–Kier alpha value is -2.02. The zero-order chi connectivity index (χ0) is 12.8. The normalized spacial score (nSPS) is 13.9. The lowest BCUT2D eigenvalue weighted by Gasteiger charge is -2.04. The summed E-state index contributed by atoms with van der Waals surface area (Å²) in [4.78, 5) is 0. The molecule has 3 aromatic rings. The maximum Gasteiger partial charge on any atom is 0.134 e. The smallest absolute Gasteiger partial charge is 0.134 e. The van der Waals surface area contributed by atoms with Crippen LogP contribution in [-0.4, -0.2) is 0 Å². The van der Waals surface area contributed by atoms with Gasteiger partial charge < -0.3 is 4.42 Å². The van der Waals surface area contributed by atoms with Gasteiger partial charge in [-0.3, -0.25) is 0 Å². The fourth-order valence-corrected chi connectivity index (χ4v) is 3.18. The van der Waals surface area contributed by atoms with Crippen LogP contribution in [0.5, 0.6) is 0 Å². The van der Waals surface area contributed by atoms with Gasteiger partial charge in [0.05, 0.1) is 6.26 Å². The van der Waals surface area contributed by atoms with Crippen LogP contribution >= 0.6 is 0 Å². The molecule has 0 saturated heterocycles. The molecule has 2 aromatic carbocycles. The van der Waals surface area contributed by atoms with E-state index < -0.39 is 0 Å². The molecule has 1 nitrogen and oxygen atoms in total. The predicted octanol–water partition coefficient (Wildman–Crippen LogP) is 4.90. The first-order chi connectivity index (χ1) is 9.33. The summed E-state index contributed by atoms with van der Waals surface area (Å²) in [6.45, 7) is 2.15. The average Bonchev–Trinajstić information content (AvgIpc) is 3.02. The molecular formula is C18H16O. The van der Waals surface area contributed by atoms with Crippen molar-refractivity contribution in [2.75, 3.05) is 0 Å². The van der Waals surface area contributed by atoms with Gasteiger partial charge in [-0.2, -0.15) is 0 Å². The molecule has 94 valence electrons. The molecule has 1 heteroatoms. The van der Waals surface area contributed by atoms with Crippen LogP contribution in [0.2, 0.25) is 0 Å². The van der Waals surface area contributed by atoms with Crippen LogP contribution in [0.25, 0.3) is 22.1 Å². The van der Waals surface area contributed by atoms with Gasteiger partial charge in [0.2, 0.25) is 0 Å². The molecular weight excluding hydrogens is 232 g/mol. The zero-order valence-corrected chi connectivity index (χ0v) is 11.1. The van der Waals surface area contributed by atoms with Crippen molar-refractivity contribution in [3.05, 3.63) is 59.4 Å². The van der Waals surface area contributed by atoms with Crippen molar-refractivity contribution in [3.8, 4) is 11.1 Å². The molecule has 0 radical (unpaired) electrons. The summed E-state index contributed by atoms with van der Waals surface area (Å²) in [7, 11) is 0. The fraction of sp³-hybridized carbons (Fsp3) is 0.222. The second-order valence-corrected chi connectivity index (χ2v) is 5.43. The predicted molar refractivity (Wildman–Crippen MR) is 78.4 cm³/mol. The van der Waals surface area contributed by atoms with Crippen LogP contribution in [0, 0.1) is 6.92 Å². The first-order valence-corrected chi connectivity index (χ1v) is 6.92. The molecule has 0 amide bonds. The fourth-order valence-electron chi connectivity index (χ4n) is 3.18. The Bertz CT molecular complexity index is 764. The third kappa shape index (κ3) is 1.61. The standard InChI is InChI=1S/C18H16O/c1-12-5-2-3-8-15(12)17-11-19-18-10-14-7-4-6-13(14)9-16(17)18/h2-3,5,8-11H,4,6-7H2,1H3. The molecule has 19 heavy (non-hydrogen) atoms. The van der Waals surface area contributed by atoms with E-state index in [2.05, 4.69) is 43.3 Å². The average molecular weight is 248 g/mol. The quantitative estimate of drug-likeness (QED) is 0.597. The molecule has 1 aliphatic rings. The molecule has 0 bridgehead atoms. The number of fused-ring (bicyclic) bond motifs is 2. The van der Waals surface area contributed by atoms with Gasteiger partial charge in [0.1, 0.15) is 5.58 Å². The third-order valence-electron chi connectivity index (χ3n) is 4.22. The van der Waals surface area contributed by atoms with Gasteiger partial charge >= 0.3 is 0 Å². The van der Waals surface area contributed by atoms with E-state index in [-0.39, 0.29) is 0 Å². The molecule has 0 saturated carbocycles. The first-order valence-electron chi connectivity index (χ1n) is 6.92. The molecule has 0 fully saturated rings. The summed E-state index contributed by atoms with van der Waals surface area (Å²) in [5.74, 6) is 0. The Morgan fingerprint density at radius 3 is 2.58 bits per heavy atom. The highest BCUT2D eigenvalue weighted by molar-refractivity contribution is 5.95. The van der Waals surface area contributed by atoms with Gasteiger partial charge in [0.15, 0.2) is 0 Å². The van der Waals surface area contributed by atoms with Crippen LogP contribution in [-0.2, 0) is 12.8 Å². The minimum absolute atomic E-state index is 1.03. The number of benzene rings is 2. The maximum atomic E-state index is 5.78. The summed E-state index contributed by atoms with van der Waals surface area (Å²) in [6.07, 6.45) is 5.60. The molecule has 4 rings (SSSR count). The Kier molecular flexibility index (Phi) is 2.28. The van der Waals surface area contributed by atoms with Crippen LogP contribution < -0.4 is 0 Å². The van der Waals surface area contributed by atoms with E-state index in [9.17, 15) is 0 Å². The van der Waals surface area contributed by atoms with E-state index in [0.29, 0.717) is 0 Å². The highest BCUT2D eigenvalue weighted by Gasteiger charge is 2.16. The minimum atomic E-state index is 1.03. The number of furan rings is 1. The van der Waals surface area contributed by atoms with Crippen molar-refractivity contribution in [2.45, 2.75) is 26.2 Å². The topological polar surface area (TPSA) is 13.1 Å². The van der Waals surface area contributed by atoms with Crippen molar-refractivity contribution in [1.82, 2.24) is 0 Å². The van der Waals surface area contributed by atoms with Crippen molar-refractivity contribution < 1.29 is 4.42 Å². The van der Waals surface area contributed by atoms with Crippen LogP contribution in [0.1, 0.15) is 23.1 Å². The van der Waals surface area contributed by atoms with E-state index in [1.165, 1.54) is 52.5 Å². The summed E-state index contributed by atoms with van der Waals surface area (Å²) >= 11 is 0.